The summed E-state index contributed by atoms with van der Waals surface area (Å²) in [5, 5.41) is 13.8. The smallest absolute Gasteiger partial charge is 0.315 e. The Morgan fingerprint density at radius 3 is 2.48 bits per heavy atom. The molecule has 0 spiro atoms. The second kappa shape index (κ2) is 8.87. The molecule has 0 saturated carbocycles. The summed E-state index contributed by atoms with van der Waals surface area (Å²) in [7, 11) is 1.56. The fraction of sp³-hybridized carbons (Fsp3) is 0.500. The van der Waals surface area contributed by atoms with Gasteiger partial charge in [-0.1, -0.05) is 6.07 Å². The molecule has 0 aliphatic rings. The lowest BCUT2D eigenvalue weighted by Gasteiger charge is -2.18. The second-order valence-electron chi connectivity index (χ2n) is 5.34. The Morgan fingerprint density at radius 2 is 1.91 bits per heavy atom. The van der Waals surface area contributed by atoms with Gasteiger partial charge >= 0.3 is 12.0 Å². The van der Waals surface area contributed by atoms with Crippen LogP contribution in [0.1, 0.15) is 38.8 Å². The van der Waals surface area contributed by atoms with E-state index in [0.717, 1.165) is 5.56 Å². The van der Waals surface area contributed by atoms with Gasteiger partial charge in [0.05, 0.1) is 25.7 Å². The summed E-state index contributed by atoms with van der Waals surface area (Å²) < 4.78 is 11.0. The zero-order valence-corrected chi connectivity index (χ0v) is 13.9. The molecule has 1 aromatic rings. The van der Waals surface area contributed by atoms with Crippen molar-refractivity contribution in [1.82, 2.24) is 10.6 Å². The number of nitrogens with one attached hydrogen (secondary N) is 2. The summed E-state index contributed by atoms with van der Waals surface area (Å²) in [5.41, 5.74) is 0.853. The van der Waals surface area contributed by atoms with Crippen LogP contribution in [0.25, 0.3) is 0 Å². The highest BCUT2D eigenvalue weighted by molar-refractivity contribution is 5.75. The van der Waals surface area contributed by atoms with E-state index in [1.165, 1.54) is 0 Å². The summed E-state index contributed by atoms with van der Waals surface area (Å²) in [6.45, 7) is 5.77. The Labute approximate surface area is 136 Å². The van der Waals surface area contributed by atoms with Crippen molar-refractivity contribution in [2.45, 2.75) is 39.3 Å². The van der Waals surface area contributed by atoms with Crippen LogP contribution >= 0.6 is 0 Å². The van der Waals surface area contributed by atoms with Gasteiger partial charge in [-0.25, -0.2) is 4.79 Å². The number of methoxy groups -OCH3 is 1. The predicted molar refractivity (Wildman–Crippen MR) is 86.0 cm³/mol. The Morgan fingerprint density at radius 1 is 1.22 bits per heavy atom. The minimum absolute atomic E-state index is 0.0327. The van der Waals surface area contributed by atoms with Crippen molar-refractivity contribution in [3.63, 3.8) is 0 Å². The Balaban J connectivity index is 2.66. The number of hydrogen-bond donors (Lipinski definition) is 3. The molecule has 7 heteroatoms. The van der Waals surface area contributed by atoms with Crippen LogP contribution < -0.4 is 20.1 Å². The molecule has 0 fully saturated rings. The Bertz CT molecular complexity index is 545. The molecule has 0 heterocycles. The molecule has 1 atom stereocenters. The number of hydrogen-bond acceptors (Lipinski definition) is 4. The molecule has 0 saturated heterocycles. The standard InChI is InChI=1S/C16H24N2O5/c1-10(2)23-13-6-5-12(9-14(13)22-4)11(3)18-16(21)17-8-7-15(19)20/h5-6,9-11H,7-8H2,1-4H3,(H,19,20)(H2,17,18,21). The molecule has 3 N–H and O–H groups in total. The monoisotopic (exact) mass is 324 g/mol. The Kier molecular flexibility index (Phi) is 7.18. The third-order valence-corrected chi connectivity index (χ3v) is 3.02. The van der Waals surface area contributed by atoms with E-state index in [0.29, 0.717) is 11.5 Å². The van der Waals surface area contributed by atoms with Crippen LogP contribution in [0.2, 0.25) is 0 Å². The summed E-state index contributed by atoms with van der Waals surface area (Å²) in [6.07, 6.45) is -0.0815. The molecule has 23 heavy (non-hydrogen) atoms. The fourth-order valence-corrected chi connectivity index (χ4v) is 1.92. The minimum Gasteiger partial charge on any atom is -0.493 e. The molecular formula is C16H24N2O5. The van der Waals surface area contributed by atoms with E-state index in [-0.39, 0.29) is 25.1 Å². The first-order valence-electron chi connectivity index (χ1n) is 7.44. The summed E-state index contributed by atoms with van der Waals surface area (Å²) in [6, 6.07) is 4.78. The molecular weight excluding hydrogens is 300 g/mol. The maximum Gasteiger partial charge on any atom is 0.315 e. The van der Waals surface area contributed by atoms with E-state index in [4.69, 9.17) is 14.6 Å². The van der Waals surface area contributed by atoms with Crippen molar-refractivity contribution in [2.24, 2.45) is 0 Å². The molecule has 1 unspecified atom stereocenters. The van der Waals surface area contributed by atoms with Gasteiger partial charge < -0.3 is 25.2 Å². The average molecular weight is 324 g/mol. The van der Waals surface area contributed by atoms with Crippen molar-refractivity contribution < 1.29 is 24.2 Å². The summed E-state index contributed by atoms with van der Waals surface area (Å²) in [4.78, 5) is 22.1. The zero-order chi connectivity index (χ0) is 17.4. The maximum atomic E-state index is 11.7. The molecule has 0 radical (unpaired) electrons. The van der Waals surface area contributed by atoms with Crippen molar-refractivity contribution in [1.29, 1.82) is 0 Å². The zero-order valence-electron chi connectivity index (χ0n) is 13.9. The molecule has 128 valence electrons. The van der Waals surface area contributed by atoms with E-state index >= 15 is 0 Å². The van der Waals surface area contributed by atoms with Crippen LogP contribution in [0.4, 0.5) is 4.79 Å². The molecule has 0 aliphatic carbocycles. The van der Waals surface area contributed by atoms with Gasteiger partial charge in [0.15, 0.2) is 11.5 Å². The quantitative estimate of drug-likeness (QED) is 0.682. The van der Waals surface area contributed by atoms with E-state index in [9.17, 15) is 9.59 Å². The van der Waals surface area contributed by atoms with Crippen LogP contribution in [0.5, 0.6) is 11.5 Å². The number of benzene rings is 1. The third-order valence-electron chi connectivity index (χ3n) is 3.02. The first-order chi connectivity index (χ1) is 10.8. The van der Waals surface area contributed by atoms with E-state index in [2.05, 4.69) is 10.6 Å². The highest BCUT2D eigenvalue weighted by Gasteiger charge is 2.13. The molecule has 1 rings (SSSR count). The number of carbonyl (C=O) groups is 2. The largest absolute Gasteiger partial charge is 0.493 e. The summed E-state index contributed by atoms with van der Waals surface area (Å²) >= 11 is 0. The first kappa shape index (κ1) is 18.6. The van der Waals surface area contributed by atoms with Crippen LogP contribution in [0.3, 0.4) is 0 Å². The van der Waals surface area contributed by atoms with Crippen LogP contribution in [0, 0.1) is 0 Å². The predicted octanol–water partition coefficient (Wildman–Crippen LogP) is 2.32. The number of amides is 2. The number of aliphatic carboxylic acids is 1. The van der Waals surface area contributed by atoms with Crippen LogP contribution in [-0.4, -0.2) is 36.9 Å². The number of carboxylic acid groups (broad SMARTS) is 1. The second-order valence-corrected chi connectivity index (χ2v) is 5.34. The first-order valence-corrected chi connectivity index (χ1v) is 7.44. The average Bonchev–Trinajstić information content (AvgIpc) is 2.46. The van der Waals surface area contributed by atoms with Gasteiger partial charge in [-0.15, -0.1) is 0 Å². The molecule has 7 nitrogen and oxygen atoms in total. The van der Waals surface area contributed by atoms with Crippen molar-refractivity contribution in [3.05, 3.63) is 23.8 Å². The third kappa shape index (κ3) is 6.46. The lowest BCUT2D eigenvalue weighted by molar-refractivity contribution is -0.136. The van der Waals surface area contributed by atoms with Gasteiger partial charge in [0, 0.05) is 6.54 Å². The lowest BCUT2D eigenvalue weighted by atomic mass is 10.1. The van der Waals surface area contributed by atoms with Crippen molar-refractivity contribution >= 4 is 12.0 Å². The lowest BCUT2D eigenvalue weighted by Crippen LogP contribution is -2.38. The molecule has 2 amide bonds. The molecule has 0 aromatic heterocycles. The minimum atomic E-state index is -0.955. The number of ether oxygens (including phenoxy) is 2. The van der Waals surface area contributed by atoms with Crippen LogP contribution in [0.15, 0.2) is 18.2 Å². The highest BCUT2D eigenvalue weighted by atomic mass is 16.5. The number of urea groups is 1. The normalized spacial score (nSPS) is 11.7. The van der Waals surface area contributed by atoms with Gasteiger partial charge in [0.2, 0.25) is 0 Å². The Hall–Kier alpha value is -2.44. The van der Waals surface area contributed by atoms with Crippen molar-refractivity contribution in [3.8, 4) is 11.5 Å². The van der Waals surface area contributed by atoms with E-state index < -0.39 is 12.0 Å². The van der Waals surface area contributed by atoms with Crippen molar-refractivity contribution in [2.75, 3.05) is 13.7 Å². The number of carboxylic acids is 1. The maximum absolute atomic E-state index is 11.7. The van der Waals surface area contributed by atoms with Gasteiger partial charge in [0.25, 0.3) is 0 Å². The molecule has 1 aromatic carbocycles. The molecule has 0 bridgehead atoms. The molecule has 0 aliphatic heterocycles. The SMILES string of the molecule is COc1cc(C(C)NC(=O)NCCC(=O)O)ccc1OC(C)C. The van der Waals surface area contributed by atoms with Gasteiger partial charge in [-0.3, -0.25) is 4.79 Å². The van der Waals surface area contributed by atoms with Crippen LogP contribution in [-0.2, 0) is 4.79 Å². The number of carbonyl (C=O) groups excluding carboxylic acids is 1. The number of rotatable bonds is 8. The van der Waals surface area contributed by atoms with Gasteiger partial charge in [0.1, 0.15) is 0 Å². The summed E-state index contributed by atoms with van der Waals surface area (Å²) in [5.74, 6) is 0.282. The topological polar surface area (TPSA) is 96.9 Å². The highest BCUT2D eigenvalue weighted by Crippen LogP contribution is 2.31. The van der Waals surface area contributed by atoms with Gasteiger partial charge in [-0.2, -0.15) is 0 Å². The van der Waals surface area contributed by atoms with E-state index in [1.54, 1.807) is 19.2 Å². The fourth-order valence-electron chi connectivity index (χ4n) is 1.92. The van der Waals surface area contributed by atoms with E-state index in [1.807, 2.05) is 26.8 Å². The van der Waals surface area contributed by atoms with Gasteiger partial charge in [-0.05, 0) is 38.5 Å².